The fraction of sp³-hybridized carbons (Fsp3) is 0.556. The van der Waals surface area contributed by atoms with Crippen molar-refractivity contribution < 1.29 is 4.79 Å². The van der Waals surface area contributed by atoms with E-state index in [0.29, 0.717) is 18.9 Å². The van der Waals surface area contributed by atoms with Crippen LogP contribution in [-0.2, 0) is 17.8 Å². The van der Waals surface area contributed by atoms with E-state index in [4.69, 9.17) is 5.73 Å². The number of nitrogens with one attached hydrogen (secondary N) is 1. The average Bonchev–Trinajstić information content (AvgIpc) is 2.58. The molecule has 0 unspecified atom stereocenters. The zero-order chi connectivity index (χ0) is 16.5. The molecule has 0 saturated heterocycles. The van der Waals surface area contributed by atoms with E-state index in [-0.39, 0.29) is 5.91 Å². The molecule has 0 fully saturated rings. The van der Waals surface area contributed by atoms with Crippen LogP contribution >= 0.6 is 0 Å². The molecule has 1 aromatic carbocycles. The van der Waals surface area contributed by atoms with Crippen molar-refractivity contribution in [3.63, 3.8) is 0 Å². The molecule has 126 valence electrons. The van der Waals surface area contributed by atoms with E-state index >= 15 is 0 Å². The predicted molar refractivity (Wildman–Crippen MR) is 94.2 cm³/mol. The summed E-state index contributed by atoms with van der Waals surface area (Å²) >= 11 is 0. The lowest BCUT2D eigenvalue weighted by atomic mass is 9.99. The van der Waals surface area contributed by atoms with Gasteiger partial charge in [-0.25, -0.2) is 0 Å². The number of carbonyl (C=O) groups excluding carboxylic acids is 1. The number of benzene rings is 1. The molecule has 23 heavy (non-hydrogen) atoms. The van der Waals surface area contributed by atoms with Crippen LogP contribution in [0, 0.1) is 0 Å². The summed E-state index contributed by atoms with van der Waals surface area (Å²) in [6.07, 6.45) is 4.45. The molecule has 0 atom stereocenters. The molecule has 1 aliphatic rings. The van der Waals surface area contributed by atoms with Crippen LogP contribution in [0.5, 0.6) is 0 Å². The Morgan fingerprint density at radius 2 is 2.09 bits per heavy atom. The number of guanidine groups is 1. The van der Waals surface area contributed by atoms with Crippen LogP contribution in [0.25, 0.3) is 0 Å². The highest BCUT2D eigenvalue weighted by molar-refractivity contribution is 5.78. The maximum absolute atomic E-state index is 12.3. The molecule has 0 radical (unpaired) electrons. The lowest BCUT2D eigenvalue weighted by molar-refractivity contribution is -0.132. The second kappa shape index (κ2) is 9.18. The number of carbonyl (C=O) groups is 1. The first-order valence-electron chi connectivity index (χ1n) is 8.59. The van der Waals surface area contributed by atoms with Gasteiger partial charge in [0.05, 0.1) is 0 Å². The number of unbranched alkanes of at least 4 members (excludes halogenated alkanes) is 1. The van der Waals surface area contributed by atoms with Gasteiger partial charge in [-0.2, -0.15) is 0 Å². The highest BCUT2D eigenvalue weighted by Crippen LogP contribution is 2.19. The molecular formula is C18H28N4O. The zero-order valence-corrected chi connectivity index (χ0v) is 14.1. The maximum Gasteiger partial charge on any atom is 0.222 e. The number of aliphatic imine (C=N–C) groups is 1. The SMILES string of the molecule is CCCCNC(N)=NCCCC(=O)N1CCc2ccccc2C1. The summed E-state index contributed by atoms with van der Waals surface area (Å²) in [6, 6.07) is 8.37. The highest BCUT2D eigenvalue weighted by Gasteiger charge is 2.19. The molecule has 5 nitrogen and oxygen atoms in total. The van der Waals surface area contributed by atoms with Crippen LogP contribution < -0.4 is 11.1 Å². The zero-order valence-electron chi connectivity index (χ0n) is 14.1. The molecule has 0 bridgehead atoms. The van der Waals surface area contributed by atoms with Gasteiger partial charge >= 0.3 is 0 Å². The van der Waals surface area contributed by atoms with Crippen molar-refractivity contribution in [3.05, 3.63) is 35.4 Å². The minimum Gasteiger partial charge on any atom is -0.370 e. The summed E-state index contributed by atoms with van der Waals surface area (Å²) in [7, 11) is 0. The Hall–Kier alpha value is -2.04. The lowest BCUT2D eigenvalue weighted by Crippen LogP contribution is -2.36. The fourth-order valence-corrected chi connectivity index (χ4v) is 2.75. The quantitative estimate of drug-likeness (QED) is 0.459. The Morgan fingerprint density at radius 3 is 2.87 bits per heavy atom. The van der Waals surface area contributed by atoms with Crippen LogP contribution in [0.15, 0.2) is 29.3 Å². The van der Waals surface area contributed by atoms with Gasteiger partial charge in [0.2, 0.25) is 5.91 Å². The third-order valence-corrected chi connectivity index (χ3v) is 4.15. The molecule has 1 aliphatic heterocycles. The van der Waals surface area contributed by atoms with Gasteiger partial charge < -0.3 is 16.0 Å². The van der Waals surface area contributed by atoms with Gasteiger partial charge in [-0.05, 0) is 30.4 Å². The van der Waals surface area contributed by atoms with E-state index < -0.39 is 0 Å². The monoisotopic (exact) mass is 316 g/mol. The van der Waals surface area contributed by atoms with Crippen molar-refractivity contribution in [2.24, 2.45) is 10.7 Å². The number of nitrogens with two attached hydrogens (primary N) is 1. The lowest BCUT2D eigenvalue weighted by Gasteiger charge is -2.28. The number of nitrogens with zero attached hydrogens (tertiary/aromatic N) is 2. The summed E-state index contributed by atoms with van der Waals surface area (Å²) in [5, 5.41) is 3.08. The van der Waals surface area contributed by atoms with Crippen LogP contribution in [0.3, 0.4) is 0 Å². The van der Waals surface area contributed by atoms with Crippen molar-refractivity contribution in [1.82, 2.24) is 10.2 Å². The van der Waals surface area contributed by atoms with Crippen LogP contribution in [0.4, 0.5) is 0 Å². The number of amides is 1. The number of hydrogen-bond donors (Lipinski definition) is 2. The van der Waals surface area contributed by atoms with Gasteiger partial charge in [0.1, 0.15) is 0 Å². The molecule has 0 saturated carbocycles. The Balaban J connectivity index is 1.69. The van der Waals surface area contributed by atoms with Crippen LogP contribution in [-0.4, -0.2) is 36.4 Å². The summed E-state index contributed by atoms with van der Waals surface area (Å²) in [6.45, 7) is 5.15. The Morgan fingerprint density at radius 1 is 1.30 bits per heavy atom. The van der Waals surface area contributed by atoms with Crippen LogP contribution in [0.1, 0.15) is 43.7 Å². The Bertz CT molecular complexity index is 542. The second-order valence-corrected chi connectivity index (χ2v) is 5.98. The average molecular weight is 316 g/mol. The van der Waals surface area contributed by atoms with Crippen molar-refractivity contribution >= 4 is 11.9 Å². The number of rotatable bonds is 7. The van der Waals surface area contributed by atoms with Gasteiger partial charge in [0.25, 0.3) is 0 Å². The molecule has 0 spiro atoms. The third-order valence-electron chi connectivity index (χ3n) is 4.15. The number of fused-ring (bicyclic) bond motifs is 1. The van der Waals surface area contributed by atoms with Crippen molar-refractivity contribution in [2.75, 3.05) is 19.6 Å². The van der Waals surface area contributed by atoms with Gasteiger partial charge in [0.15, 0.2) is 5.96 Å². The first-order valence-corrected chi connectivity index (χ1v) is 8.59. The van der Waals surface area contributed by atoms with E-state index in [1.165, 1.54) is 11.1 Å². The topological polar surface area (TPSA) is 70.7 Å². The maximum atomic E-state index is 12.3. The summed E-state index contributed by atoms with van der Waals surface area (Å²) in [4.78, 5) is 18.5. The van der Waals surface area contributed by atoms with Gasteiger partial charge in [-0.3, -0.25) is 9.79 Å². The molecule has 1 amide bonds. The normalized spacial score (nSPS) is 14.5. The smallest absolute Gasteiger partial charge is 0.222 e. The molecule has 3 N–H and O–H groups in total. The largest absolute Gasteiger partial charge is 0.370 e. The summed E-state index contributed by atoms with van der Waals surface area (Å²) in [5.41, 5.74) is 8.41. The van der Waals surface area contributed by atoms with E-state index in [9.17, 15) is 4.79 Å². The van der Waals surface area contributed by atoms with Gasteiger partial charge in [-0.15, -0.1) is 0 Å². The standard InChI is InChI=1S/C18H28N4O/c1-2-3-11-20-18(19)21-12-6-9-17(23)22-13-10-15-7-4-5-8-16(15)14-22/h4-5,7-8H,2-3,6,9-14H2,1H3,(H3,19,20,21). The van der Waals surface area contributed by atoms with Crippen molar-refractivity contribution in [3.8, 4) is 0 Å². The molecule has 0 aliphatic carbocycles. The minimum atomic E-state index is 0.215. The first-order chi connectivity index (χ1) is 11.2. The van der Waals surface area contributed by atoms with E-state index in [1.807, 2.05) is 11.0 Å². The second-order valence-electron chi connectivity index (χ2n) is 5.98. The summed E-state index contributed by atoms with van der Waals surface area (Å²) in [5.74, 6) is 0.699. The number of hydrogen-bond acceptors (Lipinski definition) is 2. The summed E-state index contributed by atoms with van der Waals surface area (Å²) < 4.78 is 0. The van der Waals surface area contributed by atoms with Crippen LogP contribution in [0.2, 0.25) is 0 Å². The molecule has 1 heterocycles. The third kappa shape index (κ3) is 5.58. The molecule has 5 heteroatoms. The van der Waals surface area contributed by atoms with Gasteiger partial charge in [0, 0.05) is 32.6 Å². The molecular weight excluding hydrogens is 288 g/mol. The van der Waals surface area contributed by atoms with Crippen molar-refractivity contribution in [1.29, 1.82) is 0 Å². The van der Waals surface area contributed by atoms with Gasteiger partial charge in [-0.1, -0.05) is 37.6 Å². The molecule has 1 aromatic rings. The van der Waals surface area contributed by atoms with E-state index in [1.54, 1.807) is 0 Å². The fourth-order valence-electron chi connectivity index (χ4n) is 2.75. The van der Waals surface area contributed by atoms with E-state index in [0.717, 1.165) is 45.3 Å². The van der Waals surface area contributed by atoms with Crippen molar-refractivity contribution in [2.45, 2.75) is 45.6 Å². The highest BCUT2D eigenvalue weighted by atomic mass is 16.2. The Kier molecular flexibility index (Phi) is 6.91. The minimum absolute atomic E-state index is 0.215. The van der Waals surface area contributed by atoms with E-state index in [2.05, 4.69) is 35.4 Å². The predicted octanol–water partition coefficient (Wildman–Crippen LogP) is 2.06. The molecule has 0 aromatic heterocycles. The Labute approximate surface area is 139 Å². The molecule has 2 rings (SSSR count). The first kappa shape index (κ1) is 17.3.